The summed E-state index contributed by atoms with van der Waals surface area (Å²) in [6.45, 7) is 6.48. The first-order chi connectivity index (χ1) is 20.7. The lowest BCUT2D eigenvalue weighted by Crippen LogP contribution is -2.28. The molecule has 3 heterocycles. The average molecular weight is 587 g/mol. The first kappa shape index (κ1) is 29.5. The van der Waals surface area contributed by atoms with Crippen LogP contribution in [0.25, 0.3) is 22.3 Å². The average Bonchev–Trinajstić information content (AvgIpc) is 3.34. The summed E-state index contributed by atoms with van der Waals surface area (Å²) in [5.41, 5.74) is 5.22. The van der Waals surface area contributed by atoms with E-state index in [9.17, 15) is 13.6 Å². The quantitative estimate of drug-likeness (QED) is 0.185. The molecule has 0 saturated carbocycles. The van der Waals surface area contributed by atoms with Gasteiger partial charge in [-0.3, -0.25) is 9.63 Å². The molecule has 2 aromatic carbocycles. The molecule has 0 atom stereocenters. The number of halogens is 2. The van der Waals surface area contributed by atoms with Crippen LogP contribution in [0.15, 0.2) is 67.0 Å². The zero-order valence-corrected chi connectivity index (χ0v) is 24.3. The fourth-order valence-corrected chi connectivity index (χ4v) is 4.71. The minimum Gasteiger partial charge on any atom is -0.373 e. The fraction of sp³-hybridized carbons (Fsp3) is 0.258. The van der Waals surface area contributed by atoms with Crippen molar-refractivity contribution in [3.8, 4) is 11.3 Å². The number of anilines is 3. The fourth-order valence-electron chi connectivity index (χ4n) is 4.71. The van der Waals surface area contributed by atoms with Gasteiger partial charge in [-0.05, 0) is 50.6 Å². The minimum absolute atomic E-state index is 0.0383. The molecule has 1 amide bonds. The molecule has 0 aliphatic rings. The summed E-state index contributed by atoms with van der Waals surface area (Å²) in [5, 5.41) is 2.97. The van der Waals surface area contributed by atoms with E-state index in [1.807, 2.05) is 73.7 Å². The Hall–Kier alpha value is -4.97. The normalized spacial score (nSPS) is 11.2. The second-order valence-electron chi connectivity index (χ2n) is 10.3. The second kappa shape index (κ2) is 12.9. The van der Waals surface area contributed by atoms with Crippen LogP contribution in [0.3, 0.4) is 0 Å². The van der Waals surface area contributed by atoms with E-state index in [0.29, 0.717) is 23.7 Å². The number of benzene rings is 2. The Morgan fingerprint density at radius 2 is 1.81 bits per heavy atom. The van der Waals surface area contributed by atoms with Gasteiger partial charge in [0.2, 0.25) is 11.9 Å². The van der Waals surface area contributed by atoms with Crippen LogP contribution in [0.1, 0.15) is 37.7 Å². The molecule has 0 unspecified atom stereocenters. The Bertz CT molecular complexity index is 1730. The third-order valence-corrected chi connectivity index (χ3v) is 6.83. The van der Waals surface area contributed by atoms with Crippen LogP contribution in [-0.2, 0) is 16.2 Å². The molecule has 0 spiro atoms. The van der Waals surface area contributed by atoms with E-state index in [-0.39, 0.29) is 47.7 Å². The summed E-state index contributed by atoms with van der Waals surface area (Å²) < 4.78 is 31.7. The number of amides is 1. The molecule has 0 saturated heterocycles. The Morgan fingerprint density at radius 1 is 1.02 bits per heavy atom. The number of aryl methyl sites for hydroxylation is 1. The number of hydrogen-bond acceptors (Lipinski definition) is 8. The molecule has 10 nitrogen and oxygen atoms in total. The number of rotatable bonds is 11. The van der Waals surface area contributed by atoms with Gasteiger partial charge in [-0.2, -0.15) is 0 Å². The van der Waals surface area contributed by atoms with Gasteiger partial charge in [-0.15, -0.1) is 0 Å². The van der Waals surface area contributed by atoms with Gasteiger partial charge in [0, 0.05) is 31.6 Å². The molecular weight excluding hydrogens is 554 g/mol. The van der Waals surface area contributed by atoms with Crippen molar-refractivity contribution in [1.29, 1.82) is 0 Å². The van der Waals surface area contributed by atoms with Crippen molar-refractivity contribution >= 4 is 34.4 Å². The van der Waals surface area contributed by atoms with Gasteiger partial charge >= 0.3 is 0 Å². The van der Waals surface area contributed by atoms with Crippen molar-refractivity contribution in [2.75, 3.05) is 23.8 Å². The van der Waals surface area contributed by atoms with E-state index in [4.69, 9.17) is 4.84 Å². The highest BCUT2D eigenvalue weighted by Gasteiger charge is 2.18. The lowest BCUT2D eigenvalue weighted by Gasteiger charge is -2.19. The number of fused-ring (bicyclic) bond motifs is 1. The highest BCUT2D eigenvalue weighted by molar-refractivity contribution is 5.83. The first-order valence-electron chi connectivity index (χ1n) is 13.8. The van der Waals surface area contributed by atoms with Crippen LogP contribution in [0.2, 0.25) is 0 Å². The van der Waals surface area contributed by atoms with E-state index in [1.54, 1.807) is 18.3 Å². The van der Waals surface area contributed by atoms with E-state index in [1.165, 1.54) is 6.07 Å². The van der Waals surface area contributed by atoms with Gasteiger partial charge in [0.15, 0.2) is 11.6 Å². The molecule has 2 N–H and O–H groups in total. The molecule has 3 aromatic heterocycles. The molecule has 5 rings (SSSR count). The highest BCUT2D eigenvalue weighted by Crippen LogP contribution is 2.30. The molecule has 0 aliphatic heterocycles. The van der Waals surface area contributed by atoms with Crippen molar-refractivity contribution in [3.63, 3.8) is 0 Å². The number of carbonyl (C=O) groups is 1. The van der Waals surface area contributed by atoms with E-state index in [2.05, 4.69) is 30.7 Å². The third-order valence-electron chi connectivity index (χ3n) is 6.83. The van der Waals surface area contributed by atoms with Gasteiger partial charge in [0.25, 0.3) is 0 Å². The molecular formula is C31H32F2N8O2. The lowest BCUT2D eigenvalue weighted by atomic mass is 10.1. The predicted octanol–water partition coefficient (Wildman–Crippen LogP) is 5.87. The largest absolute Gasteiger partial charge is 0.373 e. The van der Waals surface area contributed by atoms with Crippen molar-refractivity contribution in [1.82, 2.24) is 30.0 Å². The van der Waals surface area contributed by atoms with Crippen molar-refractivity contribution < 1.29 is 18.4 Å². The monoisotopic (exact) mass is 586 g/mol. The smallest absolute Gasteiger partial charge is 0.245 e. The van der Waals surface area contributed by atoms with Crippen LogP contribution in [0.4, 0.5) is 26.2 Å². The van der Waals surface area contributed by atoms with Gasteiger partial charge in [0.1, 0.15) is 22.9 Å². The topological polar surface area (TPSA) is 110 Å². The summed E-state index contributed by atoms with van der Waals surface area (Å²) in [6, 6.07) is 16.1. The highest BCUT2D eigenvalue weighted by atomic mass is 19.1. The standard InChI is InChI=1S/C31H32F2N8O2/c1-19(2)41-20(3)36-30-24(32)14-22(15-26(30)41)29-25(33)17-35-31(38-29)37-27-11-10-23(16-34-27)40(4)13-12-28(42)39-43-18-21-8-6-5-7-9-21/h5-11,14-17,19H,12-13,18H2,1-4H3,(H,39,42)(H,34,35,37,38). The molecule has 0 bridgehead atoms. The van der Waals surface area contributed by atoms with E-state index < -0.39 is 11.6 Å². The van der Waals surface area contributed by atoms with Crippen LogP contribution >= 0.6 is 0 Å². The van der Waals surface area contributed by atoms with Crippen LogP contribution < -0.4 is 15.7 Å². The number of nitrogens with one attached hydrogen (secondary N) is 2. The van der Waals surface area contributed by atoms with Crippen molar-refractivity contribution in [2.45, 2.75) is 39.8 Å². The van der Waals surface area contributed by atoms with Gasteiger partial charge in [-0.1, -0.05) is 30.3 Å². The zero-order chi connectivity index (χ0) is 30.5. The SMILES string of the molecule is Cc1nc2c(F)cc(-c3nc(Nc4ccc(N(C)CCC(=O)NOCc5ccccc5)cn4)ncc3F)cc2n1C(C)C. The number of imidazole rings is 1. The lowest BCUT2D eigenvalue weighted by molar-refractivity contribution is -0.134. The summed E-state index contributed by atoms with van der Waals surface area (Å²) in [7, 11) is 1.85. The van der Waals surface area contributed by atoms with E-state index in [0.717, 1.165) is 17.4 Å². The number of hydrogen-bond donors (Lipinski definition) is 2. The van der Waals surface area contributed by atoms with Gasteiger partial charge in [-0.25, -0.2) is 34.2 Å². The second-order valence-corrected chi connectivity index (χ2v) is 10.3. The molecule has 12 heteroatoms. The van der Waals surface area contributed by atoms with Crippen molar-refractivity contribution in [3.05, 3.63) is 90.0 Å². The Morgan fingerprint density at radius 3 is 2.53 bits per heavy atom. The molecule has 43 heavy (non-hydrogen) atoms. The maximum Gasteiger partial charge on any atom is 0.245 e. The number of carbonyl (C=O) groups excluding carboxylic acids is 1. The molecule has 0 aliphatic carbocycles. The summed E-state index contributed by atoms with van der Waals surface area (Å²) in [5.74, 6) is -0.274. The maximum absolute atomic E-state index is 15.0. The minimum atomic E-state index is -0.684. The van der Waals surface area contributed by atoms with E-state index >= 15 is 0 Å². The Kier molecular flexibility index (Phi) is 8.86. The third kappa shape index (κ3) is 6.92. The van der Waals surface area contributed by atoms with Gasteiger partial charge in [0.05, 0.1) is 30.2 Å². The number of aromatic nitrogens is 5. The summed E-state index contributed by atoms with van der Waals surface area (Å²) >= 11 is 0. The Labute approximate surface area is 247 Å². The molecule has 5 aromatic rings. The zero-order valence-electron chi connectivity index (χ0n) is 24.3. The molecule has 222 valence electrons. The Balaban J connectivity index is 1.22. The summed E-state index contributed by atoms with van der Waals surface area (Å²) in [4.78, 5) is 36.4. The number of nitrogens with zero attached hydrogens (tertiary/aromatic N) is 6. The van der Waals surface area contributed by atoms with Crippen LogP contribution in [0.5, 0.6) is 0 Å². The number of hydroxylamine groups is 1. The number of pyridine rings is 1. The van der Waals surface area contributed by atoms with Gasteiger partial charge < -0.3 is 14.8 Å². The predicted molar refractivity (Wildman–Crippen MR) is 161 cm³/mol. The first-order valence-corrected chi connectivity index (χ1v) is 13.8. The molecule has 0 radical (unpaired) electrons. The van der Waals surface area contributed by atoms with Crippen LogP contribution in [0, 0.1) is 18.6 Å². The van der Waals surface area contributed by atoms with Crippen molar-refractivity contribution in [2.24, 2.45) is 0 Å². The molecule has 0 fully saturated rings. The van der Waals surface area contributed by atoms with Crippen LogP contribution in [-0.4, -0.2) is 44.0 Å². The summed E-state index contributed by atoms with van der Waals surface area (Å²) in [6.07, 6.45) is 2.89. The maximum atomic E-state index is 15.0.